The molecular formula is C9H19NO2. The highest BCUT2D eigenvalue weighted by Crippen LogP contribution is 2.16. The van der Waals surface area contributed by atoms with E-state index in [9.17, 15) is 0 Å². The summed E-state index contributed by atoms with van der Waals surface area (Å²) in [5, 5.41) is 3.22. The minimum absolute atomic E-state index is 0.443. The lowest BCUT2D eigenvalue weighted by Crippen LogP contribution is -2.33. The van der Waals surface area contributed by atoms with Gasteiger partial charge in [-0.3, -0.25) is 0 Å². The van der Waals surface area contributed by atoms with Crippen LogP contribution in [0.5, 0.6) is 0 Å². The topological polar surface area (TPSA) is 30.5 Å². The quantitative estimate of drug-likeness (QED) is 0.666. The van der Waals surface area contributed by atoms with Crippen LogP contribution in [0.15, 0.2) is 0 Å². The van der Waals surface area contributed by atoms with E-state index in [1.807, 2.05) is 7.05 Å². The number of ether oxygens (including phenoxy) is 2. The standard InChI is InChI=1S/C9H19NO2/c1-10-8(7-11-2)6-9-4-3-5-12-9/h8-10H,3-7H2,1-2H3. The molecule has 1 heterocycles. The SMILES string of the molecule is CNC(COC)CC1CCCO1. The van der Waals surface area contributed by atoms with Crippen LogP contribution in [0.2, 0.25) is 0 Å². The van der Waals surface area contributed by atoms with Crippen LogP contribution in [0.25, 0.3) is 0 Å². The molecule has 0 bridgehead atoms. The van der Waals surface area contributed by atoms with E-state index in [2.05, 4.69) is 5.32 Å². The highest BCUT2D eigenvalue weighted by atomic mass is 16.5. The zero-order valence-corrected chi connectivity index (χ0v) is 8.01. The highest BCUT2D eigenvalue weighted by Gasteiger charge is 2.19. The summed E-state index contributed by atoms with van der Waals surface area (Å²) in [5.41, 5.74) is 0. The van der Waals surface area contributed by atoms with Crippen LogP contribution in [-0.4, -0.2) is 39.5 Å². The fraction of sp³-hybridized carbons (Fsp3) is 1.00. The maximum Gasteiger partial charge on any atom is 0.0616 e. The molecule has 0 spiro atoms. The average molecular weight is 173 g/mol. The first-order chi connectivity index (χ1) is 5.86. The molecule has 0 aliphatic carbocycles. The van der Waals surface area contributed by atoms with Gasteiger partial charge in [-0.2, -0.15) is 0 Å². The molecule has 3 heteroatoms. The van der Waals surface area contributed by atoms with Gasteiger partial charge in [-0.25, -0.2) is 0 Å². The molecule has 1 aliphatic heterocycles. The molecule has 1 fully saturated rings. The summed E-state index contributed by atoms with van der Waals surface area (Å²) in [6, 6.07) is 0.443. The number of nitrogens with one attached hydrogen (secondary N) is 1. The van der Waals surface area contributed by atoms with Gasteiger partial charge in [-0.15, -0.1) is 0 Å². The van der Waals surface area contributed by atoms with Crippen molar-refractivity contribution >= 4 is 0 Å². The molecular weight excluding hydrogens is 154 g/mol. The predicted octanol–water partition coefficient (Wildman–Crippen LogP) is 0.790. The monoisotopic (exact) mass is 173 g/mol. The molecule has 2 unspecified atom stereocenters. The van der Waals surface area contributed by atoms with Gasteiger partial charge in [0.05, 0.1) is 12.7 Å². The summed E-state index contributed by atoms with van der Waals surface area (Å²) in [4.78, 5) is 0. The molecule has 72 valence electrons. The van der Waals surface area contributed by atoms with Gasteiger partial charge in [0.25, 0.3) is 0 Å². The maximum atomic E-state index is 5.54. The van der Waals surface area contributed by atoms with E-state index in [1.165, 1.54) is 12.8 Å². The third-order valence-electron chi connectivity index (χ3n) is 2.35. The molecule has 0 radical (unpaired) electrons. The third kappa shape index (κ3) is 3.09. The number of likely N-dealkylation sites (N-methyl/N-ethyl adjacent to an activating group) is 1. The van der Waals surface area contributed by atoms with Crippen LogP contribution in [0.4, 0.5) is 0 Å². The van der Waals surface area contributed by atoms with E-state index in [1.54, 1.807) is 7.11 Å². The Hall–Kier alpha value is -0.120. The molecule has 12 heavy (non-hydrogen) atoms. The zero-order chi connectivity index (χ0) is 8.81. The Balaban J connectivity index is 2.16. The van der Waals surface area contributed by atoms with Crippen LogP contribution in [0.3, 0.4) is 0 Å². The minimum Gasteiger partial charge on any atom is -0.383 e. The summed E-state index contributed by atoms with van der Waals surface area (Å²) >= 11 is 0. The van der Waals surface area contributed by atoms with Crippen molar-refractivity contribution in [3.05, 3.63) is 0 Å². The van der Waals surface area contributed by atoms with Gasteiger partial charge in [0, 0.05) is 19.8 Å². The van der Waals surface area contributed by atoms with Gasteiger partial charge in [0.1, 0.15) is 0 Å². The molecule has 0 aromatic heterocycles. The highest BCUT2D eigenvalue weighted by molar-refractivity contribution is 4.73. The molecule has 2 atom stereocenters. The van der Waals surface area contributed by atoms with Gasteiger partial charge >= 0.3 is 0 Å². The first-order valence-electron chi connectivity index (χ1n) is 4.64. The van der Waals surface area contributed by atoms with Crippen molar-refractivity contribution in [1.29, 1.82) is 0 Å². The second-order valence-corrected chi connectivity index (χ2v) is 3.31. The van der Waals surface area contributed by atoms with Gasteiger partial charge in [-0.05, 0) is 26.3 Å². The lowest BCUT2D eigenvalue weighted by molar-refractivity contribution is 0.0786. The Bertz CT molecular complexity index is 113. The lowest BCUT2D eigenvalue weighted by atomic mass is 10.1. The first-order valence-corrected chi connectivity index (χ1v) is 4.64. The van der Waals surface area contributed by atoms with Crippen LogP contribution >= 0.6 is 0 Å². The Labute approximate surface area is 74.4 Å². The van der Waals surface area contributed by atoms with E-state index in [0.717, 1.165) is 19.6 Å². The Morgan fingerprint density at radius 3 is 3.00 bits per heavy atom. The zero-order valence-electron chi connectivity index (χ0n) is 8.01. The van der Waals surface area contributed by atoms with E-state index < -0.39 is 0 Å². The number of methoxy groups -OCH3 is 1. The smallest absolute Gasteiger partial charge is 0.0616 e. The summed E-state index contributed by atoms with van der Waals surface area (Å²) < 4.78 is 10.6. The van der Waals surface area contributed by atoms with Gasteiger partial charge in [0.2, 0.25) is 0 Å². The summed E-state index contributed by atoms with van der Waals surface area (Å²) in [6.45, 7) is 1.71. The molecule has 0 aromatic carbocycles. The average Bonchev–Trinajstić information content (AvgIpc) is 2.56. The van der Waals surface area contributed by atoms with Crippen molar-refractivity contribution in [2.45, 2.75) is 31.4 Å². The van der Waals surface area contributed by atoms with Crippen LogP contribution in [0, 0.1) is 0 Å². The third-order valence-corrected chi connectivity index (χ3v) is 2.35. The van der Waals surface area contributed by atoms with E-state index >= 15 is 0 Å². The summed E-state index contributed by atoms with van der Waals surface area (Å²) in [7, 11) is 3.71. The Kier molecular flexibility index (Phi) is 4.58. The van der Waals surface area contributed by atoms with Crippen molar-refractivity contribution < 1.29 is 9.47 Å². The van der Waals surface area contributed by atoms with Crippen molar-refractivity contribution in [2.75, 3.05) is 27.4 Å². The lowest BCUT2D eigenvalue weighted by Gasteiger charge is -2.18. The second-order valence-electron chi connectivity index (χ2n) is 3.31. The fourth-order valence-electron chi connectivity index (χ4n) is 1.62. The predicted molar refractivity (Wildman–Crippen MR) is 48.3 cm³/mol. The van der Waals surface area contributed by atoms with Crippen LogP contribution in [-0.2, 0) is 9.47 Å². The van der Waals surface area contributed by atoms with Crippen molar-refractivity contribution in [3.63, 3.8) is 0 Å². The van der Waals surface area contributed by atoms with Gasteiger partial charge in [0.15, 0.2) is 0 Å². The number of hydrogen-bond acceptors (Lipinski definition) is 3. The molecule has 0 amide bonds. The molecule has 0 aromatic rings. The van der Waals surface area contributed by atoms with Gasteiger partial charge in [-0.1, -0.05) is 0 Å². The van der Waals surface area contributed by atoms with Crippen LogP contribution < -0.4 is 5.32 Å². The van der Waals surface area contributed by atoms with Crippen molar-refractivity contribution in [2.24, 2.45) is 0 Å². The molecule has 1 aliphatic rings. The molecule has 1 N–H and O–H groups in total. The second kappa shape index (κ2) is 5.51. The van der Waals surface area contributed by atoms with Crippen molar-refractivity contribution in [3.8, 4) is 0 Å². The summed E-state index contributed by atoms with van der Waals surface area (Å²) in [6.07, 6.45) is 3.96. The largest absolute Gasteiger partial charge is 0.383 e. The first kappa shape index (κ1) is 9.96. The van der Waals surface area contributed by atoms with Crippen molar-refractivity contribution in [1.82, 2.24) is 5.32 Å². The van der Waals surface area contributed by atoms with E-state index in [-0.39, 0.29) is 0 Å². The van der Waals surface area contributed by atoms with E-state index in [4.69, 9.17) is 9.47 Å². The molecule has 1 rings (SSSR count). The molecule has 0 saturated carbocycles. The van der Waals surface area contributed by atoms with Crippen LogP contribution in [0.1, 0.15) is 19.3 Å². The Morgan fingerprint density at radius 1 is 1.67 bits per heavy atom. The molecule has 1 saturated heterocycles. The molecule has 3 nitrogen and oxygen atoms in total. The Morgan fingerprint density at radius 2 is 2.50 bits per heavy atom. The number of hydrogen-bond donors (Lipinski definition) is 1. The summed E-state index contributed by atoms with van der Waals surface area (Å²) in [5.74, 6) is 0. The number of rotatable bonds is 5. The normalized spacial score (nSPS) is 26.0. The fourth-order valence-corrected chi connectivity index (χ4v) is 1.62. The minimum atomic E-state index is 0.443. The van der Waals surface area contributed by atoms with Gasteiger partial charge < -0.3 is 14.8 Å². The van der Waals surface area contributed by atoms with E-state index in [0.29, 0.717) is 12.1 Å². The maximum absolute atomic E-state index is 5.54.